The summed E-state index contributed by atoms with van der Waals surface area (Å²) in [5.74, 6) is -0.109. The lowest BCUT2D eigenvalue weighted by molar-refractivity contribution is 0.425. The molecule has 0 amide bonds. The summed E-state index contributed by atoms with van der Waals surface area (Å²) < 4.78 is 5.16. The minimum atomic E-state index is -0.670. The fraction of sp³-hybridized carbons (Fsp3) is 0.231. The molecule has 4 heteroatoms. The van der Waals surface area contributed by atoms with Crippen molar-refractivity contribution in [1.29, 1.82) is 0 Å². The normalized spacial score (nSPS) is 18.0. The summed E-state index contributed by atoms with van der Waals surface area (Å²) >= 11 is 0. The first-order valence-electron chi connectivity index (χ1n) is 5.57. The molecule has 0 fully saturated rings. The summed E-state index contributed by atoms with van der Waals surface area (Å²) in [6.07, 6.45) is 1.48. The zero-order chi connectivity index (χ0) is 11.8. The summed E-state index contributed by atoms with van der Waals surface area (Å²) in [5, 5.41) is 0. The van der Waals surface area contributed by atoms with Gasteiger partial charge in [-0.1, -0.05) is 30.3 Å². The van der Waals surface area contributed by atoms with Gasteiger partial charge in [-0.2, -0.15) is 0 Å². The lowest BCUT2D eigenvalue weighted by Gasteiger charge is -2.09. The second-order valence-corrected chi connectivity index (χ2v) is 4.19. The Balaban J connectivity index is 2.17. The lowest BCUT2D eigenvalue weighted by atomic mass is 9.98. The van der Waals surface area contributed by atoms with Crippen LogP contribution < -0.4 is 11.3 Å². The maximum Gasteiger partial charge on any atom is 0.419 e. The molecule has 3 rings (SSSR count). The Morgan fingerprint density at radius 2 is 1.94 bits per heavy atom. The molecule has 0 saturated carbocycles. The highest BCUT2D eigenvalue weighted by atomic mass is 16.4. The molecule has 1 N–H and O–H groups in total. The van der Waals surface area contributed by atoms with E-state index in [4.69, 9.17) is 4.42 Å². The Morgan fingerprint density at radius 3 is 2.71 bits per heavy atom. The Morgan fingerprint density at radius 1 is 1.18 bits per heavy atom. The molecule has 1 heterocycles. The standard InChI is InChI=1S/C13H11NO3/c15-12-10-7-6-9(8-4-2-1-3-5-8)11(10)17-13(16)14-12/h1-5,9H,6-7H2,(H,14,15,16)/t9-/m1/s1. The first-order valence-corrected chi connectivity index (χ1v) is 5.57. The van der Waals surface area contributed by atoms with E-state index in [1.807, 2.05) is 30.3 Å². The summed E-state index contributed by atoms with van der Waals surface area (Å²) in [6.45, 7) is 0. The first kappa shape index (κ1) is 10.1. The van der Waals surface area contributed by atoms with Gasteiger partial charge in [0, 0.05) is 5.92 Å². The molecule has 0 saturated heterocycles. The summed E-state index contributed by atoms with van der Waals surface area (Å²) in [7, 11) is 0. The van der Waals surface area contributed by atoms with E-state index in [9.17, 15) is 9.59 Å². The molecule has 0 bridgehead atoms. The van der Waals surface area contributed by atoms with Crippen molar-refractivity contribution in [3.8, 4) is 0 Å². The van der Waals surface area contributed by atoms with E-state index in [1.54, 1.807) is 0 Å². The average Bonchev–Trinajstić information content (AvgIpc) is 2.74. The molecular formula is C13H11NO3. The largest absolute Gasteiger partial charge is 0.419 e. The van der Waals surface area contributed by atoms with E-state index in [2.05, 4.69) is 4.98 Å². The zero-order valence-corrected chi connectivity index (χ0v) is 9.10. The predicted molar refractivity (Wildman–Crippen MR) is 62.2 cm³/mol. The van der Waals surface area contributed by atoms with Crippen LogP contribution in [0.4, 0.5) is 0 Å². The number of aromatic amines is 1. The van der Waals surface area contributed by atoms with Crippen molar-refractivity contribution in [2.24, 2.45) is 0 Å². The van der Waals surface area contributed by atoms with Gasteiger partial charge >= 0.3 is 5.76 Å². The molecule has 1 aromatic heterocycles. The SMILES string of the molecule is O=c1[nH]c(=O)c2c(o1)[C@@H](c1ccccc1)CC2. The van der Waals surface area contributed by atoms with Crippen molar-refractivity contribution in [3.05, 3.63) is 68.1 Å². The number of hydrogen-bond acceptors (Lipinski definition) is 3. The van der Waals surface area contributed by atoms with Gasteiger partial charge in [0.05, 0.1) is 5.56 Å². The number of fused-ring (bicyclic) bond motifs is 1. The summed E-state index contributed by atoms with van der Waals surface area (Å²) in [4.78, 5) is 25.0. The molecule has 1 aliphatic carbocycles. The summed E-state index contributed by atoms with van der Waals surface area (Å²) in [5.41, 5.74) is 1.38. The maximum atomic E-state index is 11.6. The van der Waals surface area contributed by atoms with E-state index in [0.717, 1.165) is 12.0 Å². The van der Waals surface area contributed by atoms with Crippen LogP contribution in [0.25, 0.3) is 0 Å². The maximum absolute atomic E-state index is 11.6. The Kier molecular flexibility index (Phi) is 2.21. The van der Waals surface area contributed by atoms with Gasteiger partial charge in [-0.05, 0) is 18.4 Å². The number of rotatable bonds is 1. The molecule has 1 atom stereocenters. The molecule has 0 spiro atoms. The third kappa shape index (κ3) is 1.62. The average molecular weight is 229 g/mol. The minimum absolute atomic E-state index is 0.0289. The van der Waals surface area contributed by atoms with Crippen molar-refractivity contribution in [2.75, 3.05) is 0 Å². The van der Waals surface area contributed by atoms with Crippen LogP contribution in [0.15, 0.2) is 44.3 Å². The van der Waals surface area contributed by atoms with Gasteiger partial charge < -0.3 is 4.42 Å². The fourth-order valence-corrected chi connectivity index (χ4v) is 2.41. The molecule has 4 nitrogen and oxygen atoms in total. The smallest absolute Gasteiger partial charge is 0.413 e. The van der Waals surface area contributed by atoms with Crippen molar-refractivity contribution in [1.82, 2.24) is 4.98 Å². The molecular weight excluding hydrogens is 218 g/mol. The van der Waals surface area contributed by atoms with Crippen LogP contribution in [0, 0.1) is 0 Å². The lowest BCUT2D eigenvalue weighted by Crippen LogP contribution is -2.22. The van der Waals surface area contributed by atoms with Crippen molar-refractivity contribution in [3.63, 3.8) is 0 Å². The number of nitrogens with one attached hydrogen (secondary N) is 1. The Hall–Kier alpha value is -2.10. The second-order valence-electron chi connectivity index (χ2n) is 4.19. The Labute approximate surface area is 96.9 Å². The minimum Gasteiger partial charge on any atom is -0.413 e. The number of hydrogen-bond donors (Lipinski definition) is 1. The third-order valence-electron chi connectivity index (χ3n) is 3.19. The van der Waals surface area contributed by atoms with E-state index in [0.29, 0.717) is 17.7 Å². The third-order valence-corrected chi connectivity index (χ3v) is 3.19. The van der Waals surface area contributed by atoms with Crippen LogP contribution in [0.1, 0.15) is 29.2 Å². The van der Waals surface area contributed by atoms with Crippen LogP contribution in [-0.2, 0) is 6.42 Å². The quantitative estimate of drug-likeness (QED) is 0.804. The van der Waals surface area contributed by atoms with Crippen LogP contribution >= 0.6 is 0 Å². The number of H-pyrrole nitrogens is 1. The molecule has 17 heavy (non-hydrogen) atoms. The van der Waals surface area contributed by atoms with E-state index < -0.39 is 5.76 Å². The van der Waals surface area contributed by atoms with Gasteiger partial charge in [0.25, 0.3) is 5.56 Å². The van der Waals surface area contributed by atoms with Gasteiger partial charge in [0.2, 0.25) is 0 Å². The monoisotopic (exact) mass is 229 g/mol. The second kappa shape index (κ2) is 3.73. The molecule has 86 valence electrons. The van der Waals surface area contributed by atoms with Crippen molar-refractivity contribution in [2.45, 2.75) is 18.8 Å². The molecule has 0 aliphatic heterocycles. The van der Waals surface area contributed by atoms with Gasteiger partial charge in [0.15, 0.2) is 0 Å². The Bertz CT molecular complexity index is 654. The van der Waals surface area contributed by atoms with Crippen LogP contribution in [0.5, 0.6) is 0 Å². The number of aromatic nitrogens is 1. The van der Waals surface area contributed by atoms with Crippen molar-refractivity contribution >= 4 is 0 Å². The topological polar surface area (TPSA) is 63.1 Å². The summed E-state index contributed by atoms with van der Waals surface area (Å²) in [6, 6.07) is 9.80. The van der Waals surface area contributed by atoms with Crippen LogP contribution in [-0.4, -0.2) is 4.98 Å². The number of benzene rings is 1. The highest BCUT2D eigenvalue weighted by molar-refractivity contribution is 5.34. The molecule has 1 aliphatic rings. The molecule has 0 unspecified atom stereocenters. The highest BCUT2D eigenvalue weighted by Gasteiger charge is 2.29. The fourth-order valence-electron chi connectivity index (χ4n) is 2.41. The van der Waals surface area contributed by atoms with Gasteiger partial charge in [-0.15, -0.1) is 0 Å². The van der Waals surface area contributed by atoms with E-state index in [1.165, 1.54) is 0 Å². The van der Waals surface area contributed by atoms with Crippen molar-refractivity contribution < 1.29 is 4.42 Å². The van der Waals surface area contributed by atoms with E-state index in [-0.39, 0.29) is 11.5 Å². The molecule has 1 aromatic carbocycles. The first-order chi connectivity index (χ1) is 8.25. The van der Waals surface area contributed by atoms with Gasteiger partial charge in [-0.25, -0.2) is 4.79 Å². The van der Waals surface area contributed by atoms with Gasteiger partial charge in [0.1, 0.15) is 5.76 Å². The predicted octanol–water partition coefficient (Wildman–Crippen LogP) is 1.41. The van der Waals surface area contributed by atoms with Crippen LogP contribution in [0.2, 0.25) is 0 Å². The van der Waals surface area contributed by atoms with Gasteiger partial charge in [-0.3, -0.25) is 9.78 Å². The molecule has 2 aromatic rings. The highest BCUT2D eigenvalue weighted by Crippen LogP contribution is 2.35. The van der Waals surface area contributed by atoms with Crippen LogP contribution in [0.3, 0.4) is 0 Å². The van der Waals surface area contributed by atoms with E-state index >= 15 is 0 Å². The molecule has 0 radical (unpaired) electrons. The zero-order valence-electron chi connectivity index (χ0n) is 9.10.